The van der Waals surface area contributed by atoms with Crippen molar-refractivity contribution in [2.45, 2.75) is 19.7 Å². The Bertz CT molecular complexity index is 1530. The lowest BCUT2D eigenvalue weighted by molar-refractivity contribution is -0.137. The highest BCUT2D eigenvalue weighted by Crippen LogP contribution is 2.38. The summed E-state index contributed by atoms with van der Waals surface area (Å²) in [6, 6.07) is 13.3. The van der Waals surface area contributed by atoms with Gasteiger partial charge in [0.05, 0.1) is 17.1 Å². The van der Waals surface area contributed by atoms with Gasteiger partial charge in [-0.25, -0.2) is 4.39 Å². The van der Waals surface area contributed by atoms with Gasteiger partial charge in [0.25, 0.3) is 11.1 Å². The molecule has 1 N–H and O–H groups in total. The van der Waals surface area contributed by atoms with Crippen LogP contribution in [0.2, 0.25) is 0 Å². The van der Waals surface area contributed by atoms with Crippen LogP contribution >= 0.6 is 27.7 Å². The monoisotopic (exact) mass is 652 g/mol. The minimum atomic E-state index is -4.60. The molecular weight excluding hydrogens is 632 g/mol. The second kappa shape index (κ2) is 12.8. The third-order valence-electron chi connectivity index (χ3n) is 5.64. The number of carbonyl (C=O) groups is 3. The summed E-state index contributed by atoms with van der Waals surface area (Å²) < 4.78 is 64.8. The molecule has 3 aromatic rings. The Morgan fingerprint density at radius 1 is 1.05 bits per heavy atom. The van der Waals surface area contributed by atoms with Crippen LogP contribution in [0.1, 0.15) is 23.6 Å². The molecular formula is C28H21BrF4N2O5S. The van der Waals surface area contributed by atoms with E-state index in [1.54, 1.807) is 37.3 Å². The fourth-order valence-electron chi connectivity index (χ4n) is 3.71. The number of halogens is 5. The zero-order chi connectivity index (χ0) is 29.7. The average Bonchev–Trinajstić information content (AvgIpc) is 3.17. The molecule has 0 radical (unpaired) electrons. The van der Waals surface area contributed by atoms with Crippen molar-refractivity contribution in [1.29, 1.82) is 0 Å². The van der Waals surface area contributed by atoms with E-state index in [2.05, 4.69) is 21.2 Å². The highest BCUT2D eigenvalue weighted by Gasteiger charge is 2.37. The van der Waals surface area contributed by atoms with Gasteiger partial charge >= 0.3 is 6.18 Å². The summed E-state index contributed by atoms with van der Waals surface area (Å²) in [6.07, 6.45) is -3.17. The Morgan fingerprint density at radius 2 is 1.78 bits per heavy atom. The van der Waals surface area contributed by atoms with Crippen molar-refractivity contribution in [3.8, 4) is 11.5 Å². The molecule has 0 unspecified atom stereocenters. The molecule has 0 saturated carbocycles. The zero-order valence-corrected chi connectivity index (χ0v) is 23.7. The number of hydrogen-bond donors (Lipinski definition) is 1. The molecule has 0 bridgehead atoms. The van der Waals surface area contributed by atoms with Gasteiger partial charge in [0.2, 0.25) is 5.91 Å². The van der Waals surface area contributed by atoms with Gasteiger partial charge < -0.3 is 14.8 Å². The van der Waals surface area contributed by atoms with Crippen molar-refractivity contribution < 1.29 is 41.4 Å². The quantitative estimate of drug-likeness (QED) is 0.193. The van der Waals surface area contributed by atoms with Crippen LogP contribution in [-0.4, -0.2) is 35.1 Å². The lowest BCUT2D eigenvalue weighted by Crippen LogP contribution is -2.36. The summed E-state index contributed by atoms with van der Waals surface area (Å²) in [4.78, 5) is 38.6. The smallest absolute Gasteiger partial charge is 0.416 e. The van der Waals surface area contributed by atoms with E-state index < -0.39 is 41.2 Å². The first-order valence-electron chi connectivity index (χ1n) is 12.0. The summed E-state index contributed by atoms with van der Waals surface area (Å²) in [7, 11) is 0. The first-order valence-corrected chi connectivity index (χ1v) is 13.6. The Kier molecular flexibility index (Phi) is 9.38. The standard InChI is InChI=1S/C28H21BrF4N2O5S/c1-2-39-22-10-17(20(29)13-23(22)40-15-16-6-3-4-9-21(16)30)11-24-26(37)35(27(38)41-24)14-25(36)34-19-8-5-7-18(12-19)28(31,32)33/h3-13H,2,14-15H2,1H3,(H,34,36)/b24-11-. The minimum Gasteiger partial charge on any atom is -0.490 e. The predicted octanol–water partition coefficient (Wildman–Crippen LogP) is 7.26. The van der Waals surface area contributed by atoms with Crippen molar-refractivity contribution in [2.75, 3.05) is 18.5 Å². The molecule has 3 amide bonds. The second-order valence-corrected chi connectivity index (χ2v) is 10.4. The minimum absolute atomic E-state index is 0.0186. The zero-order valence-electron chi connectivity index (χ0n) is 21.3. The summed E-state index contributed by atoms with van der Waals surface area (Å²) in [5.74, 6) is -1.37. The van der Waals surface area contributed by atoms with Crippen LogP contribution in [0.4, 0.5) is 28.0 Å². The maximum atomic E-state index is 14.0. The molecule has 0 spiro atoms. The number of nitrogens with one attached hydrogen (secondary N) is 1. The Labute approximate surface area is 244 Å². The van der Waals surface area contributed by atoms with Gasteiger partial charge in [-0.05, 0) is 66.7 Å². The number of amides is 3. The van der Waals surface area contributed by atoms with Gasteiger partial charge in [-0.1, -0.05) is 40.2 Å². The third-order valence-corrected chi connectivity index (χ3v) is 7.23. The van der Waals surface area contributed by atoms with Crippen molar-refractivity contribution in [1.82, 2.24) is 4.90 Å². The van der Waals surface area contributed by atoms with Gasteiger partial charge in [0.1, 0.15) is 19.0 Å². The molecule has 41 heavy (non-hydrogen) atoms. The first-order chi connectivity index (χ1) is 19.5. The number of thioether (sulfide) groups is 1. The van der Waals surface area contributed by atoms with E-state index in [1.165, 1.54) is 18.2 Å². The number of alkyl halides is 3. The molecule has 4 rings (SSSR count). The van der Waals surface area contributed by atoms with E-state index in [4.69, 9.17) is 9.47 Å². The molecule has 3 aromatic carbocycles. The average molecular weight is 653 g/mol. The van der Waals surface area contributed by atoms with Crippen LogP contribution in [0.3, 0.4) is 0 Å². The Morgan fingerprint density at radius 3 is 2.49 bits per heavy atom. The lowest BCUT2D eigenvalue weighted by atomic mass is 10.1. The summed E-state index contributed by atoms with van der Waals surface area (Å²) in [6.45, 7) is 1.30. The third kappa shape index (κ3) is 7.47. The van der Waals surface area contributed by atoms with E-state index in [9.17, 15) is 31.9 Å². The number of nitrogens with zero attached hydrogens (tertiary/aromatic N) is 1. The molecule has 1 fully saturated rings. The van der Waals surface area contributed by atoms with Crippen LogP contribution in [0.15, 0.2) is 70.0 Å². The number of imide groups is 1. The number of benzene rings is 3. The van der Waals surface area contributed by atoms with Gasteiger partial charge in [-0.2, -0.15) is 13.2 Å². The van der Waals surface area contributed by atoms with E-state index in [1.807, 2.05) is 0 Å². The van der Waals surface area contributed by atoms with E-state index in [0.717, 1.165) is 18.2 Å². The van der Waals surface area contributed by atoms with Gasteiger partial charge in [0.15, 0.2) is 11.5 Å². The van der Waals surface area contributed by atoms with Crippen LogP contribution < -0.4 is 14.8 Å². The number of rotatable bonds is 9. The molecule has 0 atom stereocenters. The maximum Gasteiger partial charge on any atom is 0.416 e. The second-order valence-electron chi connectivity index (χ2n) is 8.53. The molecule has 1 aliphatic rings. The van der Waals surface area contributed by atoms with Crippen LogP contribution in [0.5, 0.6) is 11.5 Å². The molecule has 214 valence electrons. The van der Waals surface area contributed by atoms with Crippen molar-refractivity contribution >= 4 is 56.5 Å². The molecule has 1 saturated heterocycles. The van der Waals surface area contributed by atoms with Crippen molar-refractivity contribution in [3.63, 3.8) is 0 Å². The van der Waals surface area contributed by atoms with Gasteiger partial charge in [-0.3, -0.25) is 19.3 Å². The lowest BCUT2D eigenvalue weighted by Gasteiger charge is -2.15. The molecule has 0 aliphatic carbocycles. The first kappa shape index (κ1) is 30.1. The van der Waals surface area contributed by atoms with Gasteiger partial charge in [0, 0.05) is 15.7 Å². The number of hydrogen-bond acceptors (Lipinski definition) is 6. The highest BCUT2D eigenvalue weighted by atomic mass is 79.9. The summed E-state index contributed by atoms with van der Waals surface area (Å²) in [5.41, 5.74) is -0.270. The van der Waals surface area contributed by atoms with Crippen molar-refractivity contribution in [3.05, 3.63) is 92.5 Å². The van der Waals surface area contributed by atoms with Crippen molar-refractivity contribution in [2.24, 2.45) is 0 Å². The number of anilines is 1. The van der Waals surface area contributed by atoms with Crippen LogP contribution in [-0.2, 0) is 22.4 Å². The Balaban J connectivity index is 1.48. The predicted molar refractivity (Wildman–Crippen MR) is 149 cm³/mol. The number of ether oxygens (including phenoxy) is 2. The highest BCUT2D eigenvalue weighted by molar-refractivity contribution is 9.10. The normalized spacial score (nSPS) is 14.5. The Hall–Kier alpha value is -3.84. The van der Waals surface area contributed by atoms with Crippen LogP contribution in [0, 0.1) is 5.82 Å². The molecule has 1 heterocycles. The largest absolute Gasteiger partial charge is 0.490 e. The van der Waals surface area contributed by atoms with E-state index in [0.29, 0.717) is 43.8 Å². The molecule has 7 nitrogen and oxygen atoms in total. The summed E-state index contributed by atoms with van der Waals surface area (Å²) in [5, 5.41) is 1.56. The van der Waals surface area contributed by atoms with Gasteiger partial charge in [-0.15, -0.1) is 0 Å². The topological polar surface area (TPSA) is 84.9 Å². The maximum absolute atomic E-state index is 14.0. The number of carbonyl (C=O) groups excluding carboxylic acids is 3. The summed E-state index contributed by atoms with van der Waals surface area (Å²) >= 11 is 4.02. The van der Waals surface area contributed by atoms with E-state index in [-0.39, 0.29) is 23.8 Å². The molecule has 0 aromatic heterocycles. The fourth-order valence-corrected chi connectivity index (χ4v) is 4.97. The molecule has 1 aliphatic heterocycles. The van der Waals surface area contributed by atoms with Crippen LogP contribution in [0.25, 0.3) is 6.08 Å². The fraction of sp³-hybridized carbons (Fsp3) is 0.179. The molecule has 13 heteroatoms. The SMILES string of the molecule is CCOc1cc(/C=C2\SC(=O)N(CC(=O)Nc3cccc(C(F)(F)F)c3)C2=O)c(Br)cc1OCc1ccccc1F. The van der Waals surface area contributed by atoms with E-state index >= 15 is 0 Å².